The molecule has 0 aromatic carbocycles. The third kappa shape index (κ3) is 5.10. The topological polar surface area (TPSA) is 59.1 Å². The molecule has 0 aliphatic carbocycles. The molecule has 0 radical (unpaired) electrons. The van der Waals surface area contributed by atoms with Gasteiger partial charge in [0.15, 0.2) is 5.82 Å². The van der Waals surface area contributed by atoms with Crippen molar-refractivity contribution < 1.29 is 4.74 Å². The van der Waals surface area contributed by atoms with Gasteiger partial charge in [-0.25, -0.2) is 9.97 Å². The summed E-state index contributed by atoms with van der Waals surface area (Å²) in [5.41, 5.74) is 0. The van der Waals surface area contributed by atoms with Crippen LogP contribution in [-0.2, 0) is 11.3 Å². The summed E-state index contributed by atoms with van der Waals surface area (Å²) in [4.78, 5) is 8.78. The van der Waals surface area contributed by atoms with Gasteiger partial charge < -0.3 is 15.4 Å². The molecule has 1 heterocycles. The summed E-state index contributed by atoms with van der Waals surface area (Å²) >= 11 is 1.83. The van der Waals surface area contributed by atoms with Gasteiger partial charge in [0.1, 0.15) is 18.2 Å². The minimum Gasteiger partial charge on any atom is -0.377 e. The second kappa shape index (κ2) is 8.16. The summed E-state index contributed by atoms with van der Waals surface area (Å²) in [6.45, 7) is 6.37. The zero-order valence-electron chi connectivity index (χ0n) is 11.5. The third-order valence-electron chi connectivity index (χ3n) is 2.38. The molecule has 18 heavy (non-hydrogen) atoms. The van der Waals surface area contributed by atoms with Gasteiger partial charge in [0.05, 0.1) is 0 Å². The molecule has 102 valence electrons. The molecule has 0 bridgehead atoms. The van der Waals surface area contributed by atoms with E-state index in [4.69, 9.17) is 4.74 Å². The van der Waals surface area contributed by atoms with Crippen LogP contribution < -0.4 is 10.6 Å². The maximum atomic E-state index is 5.08. The minimum absolute atomic E-state index is 0.423. The first kappa shape index (κ1) is 15.0. The van der Waals surface area contributed by atoms with Crippen LogP contribution in [0.15, 0.2) is 6.07 Å². The maximum absolute atomic E-state index is 5.08. The fraction of sp³-hybridized carbons (Fsp3) is 0.667. The minimum atomic E-state index is 0.423. The Labute approximate surface area is 113 Å². The van der Waals surface area contributed by atoms with Crippen molar-refractivity contribution in [3.63, 3.8) is 0 Å². The summed E-state index contributed by atoms with van der Waals surface area (Å²) in [6.07, 6.45) is 2.10. The predicted molar refractivity (Wildman–Crippen MR) is 78.4 cm³/mol. The maximum Gasteiger partial charge on any atom is 0.158 e. The Kier molecular flexibility index (Phi) is 6.82. The molecular formula is C12H22N4OS. The average molecular weight is 270 g/mol. The number of hydrogen-bond donors (Lipinski definition) is 2. The van der Waals surface area contributed by atoms with E-state index in [2.05, 4.69) is 33.8 Å². The highest BCUT2D eigenvalue weighted by Gasteiger charge is 2.05. The molecule has 2 N–H and O–H groups in total. The van der Waals surface area contributed by atoms with E-state index in [1.807, 2.05) is 24.8 Å². The lowest BCUT2D eigenvalue weighted by molar-refractivity contribution is 0.178. The van der Waals surface area contributed by atoms with Crippen LogP contribution in [0.2, 0.25) is 0 Å². The van der Waals surface area contributed by atoms with Crippen molar-refractivity contribution in [2.75, 3.05) is 37.1 Å². The standard InChI is InChI=1S/C12H22N4OS/c1-5-13-10-6-11(14-7-9(2)18-4)16-12(15-10)8-17-3/h6,9H,5,7-8H2,1-4H3,(H2,13,14,15,16). The van der Waals surface area contributed by atoms with E-state index in [0.29, 0.717) is 17.7 Å². The van der Waals surface area contributed by atoms with Gasteiger partial charge in [-0.2, -0.15) is 11.8 Å². The van der Waals surface area contributed by atoms with E-state index in [9.17, 15) is 0 Å². The Morgan fingerprint density at radius 1 is 1.33 bits per heavy atom. The van der Waals surface area contributed by atoms with Gasteiger partial charge in [-0.05, 0) is 13.2 Å². The van der Waals surface area contributed by atoms with Crippen molar-refractivity contribution in [3.05, 3.63) is 11.9 Å². The number of nitrogens with zero attached hydrogens (tertiary/aromatic N) is 2. The van der Waals surface area contributed by atoms with E-state index in [-0.39, 0.29) is 0 Å². The van der Waals surface area contributed by atoms with Crippen molar-refractivity contribution in [1.29, 1.82) is 0 Å². The van der Waals surface area contributed by atoms with Crippen molar-refractivity contribution in [3.8, 4) is 0 Å². The summed E-state index contributed by atoms with van der Waals surface area (Å²) in [6, 6.07) is 1.93. The van der Waals surface area contributed by atoms with E-state index in [1.54, 1.807) is 7.11 Å². The van der Waals surface area contributed by atoms with Crippen LogP contribution in [0.3, 0.4) is 0 Å². The number of rotatable bonds is 8. The molecule has 0 saturated carbocycles. The molecular weight excluding hydrogens is 248 g/mol. The van der Waals surface area contributed by atoms with Gasteiger partial charge in [0.25, 0.3) is 0 Å². The lowest BCUT2D eigenvalue weighted by Gasteiger charge is -2.12. The molecule has 0 fully saturated rings. The second-order valence-electron chi connectivity index (χ2n) is 3.95. The lowest BCUT2D eigenvalue weighted by Crippen LogP contribution is -2.15. The molecule has 0 spiro atoms. The average Bonchev–Trinajstić information content (AvgIpc) is 2.36. The molecule has 1 rings (SSSR count). The number of anilines is 2. The fourth-order valence-electron chi connectivity index (χ4n) is 1.38. The van der Waals surface area contributed by atoms with E-state index >= 15 is 0 Å². The van der Waals surface area contributed by atoms with Gasteiger partial charge in [0, 0.05) is 31.5 Å². The summed E-state index contributed by atoms with van der Waals surface area (Å²) in [5.74, 6) is 2.36. The van der Waals surface area contributed by atoms with Crippen LogP contribution in [0.25, 0.3) is 0 Å². The molecule has 1 unspecified atom stereocenters. The first-order valence-electron chi connectivity index (χ1n) is 6.07. The number of hydrogen-bond acceptors (Lipinski definition) is 6. The molecule has 5 nitrogen and oxygen atoms in total. The van der Waals surface area contributed by atoms with Crippen molar-refractivity contribution in [2.45, 2.75) is 25.7 Å². The molecule has 1 aromatic heterocycles. The van der Waals surface area contributed by atoms with Gasteiger partial charge in [-0.15, -0.1) is 0 Å². The molecule has 0 aliphatic heterocycles. The Morgan fingerprint density at radius 3 is 2.56 bits per heavy atom. The first-order valence-corrected chi connectivity index (χ1v) is 7.35. The summed E-state index contributed by atoms with van der Waals surface area (Å²) in [5, 5.41) is 7.07. The summed E-state index contributed by atoms with van der Waals surface area (Å²) in [7, 11) is 1.65. The summed E-state index contributed by atoms with van der Waals surface area (Å²) < 4.78 is 5.08. The SMILES string of the molecule is CCNc1cc(NCC(C)SC)nc(COC)n1. The van der Waals surface area contributed by atoms with Crippen LogP contribution >= 0.6 is 11.8 Å². The molecule has 1 atom stereocenters. The van der Waals surface area contributed by atoms with Crippen LogP contribution in [0.4, 0.5) is 11.6 Å². The van der Waals surface area contributed by atoms with E-state index in [0.717, 1.165) is 24.7 Å². The zero-order chi connectivity index (χ0) is 13.4. The van der Waals surface area contributed by atoms with Crippen molar-refractivity contribution in [2.24, 2.45) is 0 Å². The molecule has 0 aliphatic rings. The molecule has 0 amide bonds. The van der Waals surface area contributed by atoms with E-state index in [1.165, 1.54) is 0 Å². The predicted octanol–water partition coefficient (Wildman–Crippen LogP) is 2.22. The van der Waals surface area contributed by atoms with Crippen LogP contribution in [-0.4, -0.2) is 41.7 Å². The number of methoxy groups -OCH3 is 1. The number of ether oxygens (including phenoxy) is 1. The lowest BCUT2D eigenvalue weighted by atomic mass is 10.4. The van der Waals surface area contributed by atoms with E-state index < -0.39 is 0 Å². The molecule has 0 saturated heterocycles. The first-order chi connectivity index (χ1) is 8.69. The Hall–Kier alpha value is -1.01. The molecule has 6 heteroatoms. The fourth-order valence-corrected chi connectivity index (χ4v) is 1.63. The van der Waals surface area contributed by atoms with Gasteiger partial charge in [0.2, 0.25) is 0 Å². The normalized spacial score (nSPS) is 12.2. The van der Waals surface area contributed by atoms with Gasteiger partial charge >= 0.3 is 0 Å². The van der Waals surface area contributed by atoms with Gasteiger partial charge in [-0.1, -0.05) is 6.92 Å². The molecule has 1 aromatic rings. The quantitative estimate of drug-likeness (QED) is 0.755. The number of nitrogens with one attached hydrogen (secondary N) is 2. The zero-order valence-corrected chi connectivity index (χ0v) is 12.3. The third-order valence-corrected chi connectivity index (χ3v) is 3.35. The van der Waals surface area contributed by atoms with Crippen molar-refractivity contribution in [1.82, 2.24) is 9.97 Å². The highest BCUT2D eigenvalue weighted by atomic mass is 32.2. The number of aromatic nitrogens is 2. The van der Waals surface area contributed by atoms with Crippen LogP contribution in [0.1, 0.15) is 19.7 Å². The monoisotopic (exact) mass is 270 g/mol. The number of thioether (sulfide) groups is 1. The Morgan fingerprint density at radius 2 is 2.00 bits per heavy atom. The van der Waals surface area contributed by atoms with Crippen molar-refractivity contribution >= 4 is 23.4 Å². The van der Waals surface area contributed by atoms with Gasteiger partial charge in [-0.3, -0.25) is 0 Å². The second-order valence-corrected chi connectivity index (χ2v) is 5.22. The highest BCUT2D eigenvalue weighted by Crippen LogP contribution is 2.13. The van der Waals surface area contributed by atoms with Crippen LogP contribution in [0.5, 0.6) is 0 Å². The Balaban J connectivity index is 2.75. The Bertz CT molecular complexity index is 338. The highest BCUT2D eigenvalue weighted by molar-refractivity contribution is 7.99. The largest absolute Gasteiger partial charge is 0.377 e. The smallest absolute Gasteiger partial charge is 0.158 e. The van der Waals surface area contributed by atoms with Crippen LogP contribution in [0, 0.1) is 0 Å².